The molecule has 25 heavy (non-hydrogen) atoms. The number of ketones is 1. The lowest BCUT2D eigenvalue weighted by atomic mass is 10.0. The van der Waals surface area contributed by atoms with Crippen molar-refractivity contribution < 1.29 is 4.79 Å². The van der Waals surface area contributed by atoms with Gasteiger partial charge in [-0.25, -0.2) is 0 Å². The van der Waals surface area contributed by atoms with Gasteiger partial charge in [-0.05, 0) is 61.7 Å². The quantitative estimate of drug-likeness (QED) is 0.478. The molecular weight excluding hydrogens is 306 g/mol. The van der Waals surface area contributed by atoms with Gasteiger partial charge in [0.15, 0.2) is 5.78 Å². The summed E-state index contributed by atoms with van der Waals surface area (Å²) in [6.45, 7) is 6.25. The molecule has 0 amide bonds. The van der Waals surface area contributed by atoms with Crippen molar-refractivity contribution in [2.75, 3.05) is 11.9 Å². The van der Waals surface area contributed by atoms with Gasteiger partial charge in [-0.3, -0.25) is 4.79 Å². The van der Waals surface area contributed by atoms with Crippen LogP contribution in [-0.2, 0) is 0 Å². The Balaban J connectivity index is 1.78. The predicted octanol–water partition coefficient (Wildman–Crippen LogP) is 5.59. The molecule has 3 aromatic carbocycles. The summed E-state index contributed by atoms with van der Waals surface area (Å²) in [4.78, 5) is 15.0. The normalized spacial score (nSPS) is 12.1. The smallest absolute Gasteiger partial charge is 0.194 e. The molecule has 3 aromatic rings. The van der Waals surface area contributed by atoms with Crippen LogP contribution in [-0.4, -0.2) is 12.8 Å². The van der Waals surface area contributed by atoms with Crippen molar-refractivity contribution in [2.24, 2.45) is 0 Å². The Kier molecular flexibility index (Phi) is 3.50. The van der Waals surface area contributed by atoms with Crippen LogP contribution < -0.4 is 4.90 Å². The Bertz CT molecular complexity index is 1020. The van der Waals surface area contributed by atoms with Crippen LogP contribution in [0.3, 0.4) is 0 Å². The van der Waals surface area contributed by atoms with Gasteiger partial charge in [0, 0.05) is 29.5 Å². The SMILES string of the molecule is Cc1ccc(N(C)c2ccc3c(c2)C(=O)c2cc(C)ccc2-3)c(C)c1. The van der Waals surface area contributed by atoms with Crippen molar-refractivity contribution in [3.05, 3.63) is 82.4 Å². The molecule has 0 aromatic heterocycles. The zero-order chi connectivity index (χ0) is 17.7. The molecule has 0 aliphatic heterocycles. The van der Waals surface area contributed by atoms with Gasteiger partial charge in [-0.2, -0.15) is 0 Å². The molecule has 124 valence electrons. The summed E-state index contributed by atoms with van der Waals surface area (Å²) >= 11 is 0. The summed E-state index contributed by atoms with van der Waals surface area (Å²) in [5.41, 5.74) is 9.50. The number of anilines is 2. The van der Waals surface area contributed by atoms with E-state index in [4.69, 9.17) is 0 Å². The van der Waals surface area contributed by atoms with Crippen molar-refractivity contribution in [3.8, 4) is 11.1 Å². The molecule has 1 aliphatic rings. The second-order valence-electron chi connectivity index (χ2n) is 6.96. The van der Waals surface area contributed by atoms with Gasteiger partial charge in [0.05, 0.1) is 0 Å². The number of hydrogen-bond acceptors (Lipinski definition) is 2. The van der Waals surface area contributed by atoms with E-state index in [0.717, 1.165) is 39.2 Å². The Morgan fingerprint density at radius 3 is 2.00 bits per heavy atom. The lowest BCUT2D eigenvalue weighted by molar-refractivity contribution is 0.104. The maximum atomic E-state index is 12.8. The molecule has 0 spiro atoms. The molecule has 0 radical (unpaired) electrons. The van der Waals surface area contributed by atoms with E-state index in [-0.39, 0.29) is 5.78 Å². The van der Waals surface area contributed by atoms with Crippen molar-refractivity contribution >= 4 is 17.2 Å². The van der Waals surface area contributed by atoms with Gasteiger partial charge in [0.1, 0.15) is 0 Å². The molecule has 0 fully saturated rings. The predicted molar refractivity (Wildman–Crippen MR) is 104 cm³/mol. The largest absolute Gasteiger partial charge is 0.344 e. The van der Waals surface area contributed by atoms with Crippen LogP contribution in [0, 0.1) is 20.8 Å². The first-order valence-electron chi connectivity index (χ1n) is 8.56. The standard InChI is InChI=1S/C23H21NO/c1-14-6-10-22(16(3)11-14)24(4)17-7-9-19-18-8-5-15(2)12-20(18)23(25)21(19)13-17/h5-13H,1-4H3. The molecule has 1 aliphatic carbocycles. The highest BCUT2D eigenvalue weighted by molar-refractivity contribution is 6.22. The van der Waals surface area contributed by atoms with E-state index in [9.17, 15) is 4.79 Å². The minimum absolute atomic E-state index is 0.129. The van der Waals surface area contributed by atoms with Gasteiger partial charge in [0.25, 0.3) is 0 Å². The maximum Gasteiger partial charge on any atom is 0.194 e. The van der Waals surface area contributed by atoms with Crippen LogP contribution in [0.2, 0.25) is 0 Å². The van der Waals surface area contributed by atoms with Gasteiger partial charge >= 0.3 is 0 Å². The molecule has 0 N–H and O–H groups in total. The molecule has 0 saturated heterocycles. The zero-order valence-electron chi connectivity index (χ0n) is 15.1. The second kappa shape index (κ2) is 5.59. The highest BCUT2D eigenvalue weighted by Crippen LogP contribution is 2.39. The van der Waals surface area contributed by atoms with E-state index < -0.39 is 0 Å². The Labute approximate surface area is 148 Å². The van der Waals surface area contributed by atoms with Crippen molar-refractivity contribution in [1.29, 1.82) is 0 Å². The van der Waals surface area contributed by atoms with Crippen LogP contribution in [0.4, 0.5) is 11.4 Å². The zero-order valence-corrected chi connectivity index (χ0v) is 15.1. The summed E-state index contributed by atoms with van der Waals surface area (Å²) < 4.78 is 0. The summed E-state index contributed by atoms with van der Waals surface area (Å²) in [6.07, 6.45) is 0. The fourth-order valence-corrected chi connectivity index (χ4v) is 3.71. The summed E-state index contributed by atoms with van der Waals surface area (Å²) in [5.74, 6) is 0.129. The third-order valence-electron chi connectivity index (χ3n) is 5.06. The number of nitrogens with zero attached hydrogens (tertiary/aromatic N) is 1. The van der Waals surface area contributed by atoms with E-state index in [1.54, 1.807) is 0 Å². The molecular formula is C23H21NO. The van der Waals surface area contributed by atoms with E-state index in [1.165, 1.54) is 11.1 Å². The number of fused-ring (bicyclic) bond motifs is 3. The molecule has 2 heteroatoms. The van der Waals surface area contributed by atoms with Crippen LogP contribution in [0.1, 0.15) is 32.6 Å². The minimum Gasteiger partial charge on any atom is -0.344 e. The minimum atomic E-state index is 0.129. The fraction of sp³-hybridized carbons (Fsp3) is 0.174. The molecule has 2 nitrogen and oxygen atoms in total. The van der Waals surface area contributed by atoms with Gasteiger partial charge in [-0.1, -0.05) is 41.5 Å². The van der Waals surface area contributed by atoms with Crippen molar-refractivity contribution in [2.45, 2.75) is 20.8 Å². The molecule has 4 rings (SSSR count). The van der Waals surface area contributed by atoms with Crippen LogP contribution in [0.25, 0.3) is 11.1 Å². The van der Waals surface area contributed by atoms with Crippen molar-refractivity contribution in [1.82, 2.24) is 0 Å². The van der Waals surface area contributed by atoms with E-state index in [2.05, 4.69) is 68.3 Å². The number of carbonyl (C=O) groups excluding carboxylic acids is 1. The average molecular weight is 327 g/mol. The molecule has 0 unspecified atom stereocenters. The third-order valence-corrected chi connectivity index (χ3v) is 5.06. The summed E-state index contributed by atoms with van der Waals surface area (Å²) in [5, 5.41) is 0. The molecule has 0 bridgehead atoms. The Morgan fingerprint density at radius 1 is 0.680 bits per heavy atom. The van der Waals surface area contributed by atoms with Crippen LogP contribution >= 0.6 is 0 Å². The lowest BCUT2D eigenvalue weighted by Gasteiger charge is -2.22. The van der Waals surface area contributed by atoms with Crippen LogP contribution in [0.15, 0.2) is 54.6 Å². The molecule has 0 heterocycles. The van der Waals surface area contributed by atoms with Crippen molar-refractivity contribution in [3.63, 3.8) is 0 Å². The number of hydrogen-bond donors (Lipinski definition) is 0. The molecule has 0 atom stereocenters. The topological polar surface area (TPSA) is 20.3 Å². The monoisotopic (exact) mass is 327 g/mol. The van der Waals surface area contributed by atoms with E-state index in [1.807, 2.05) is 19.1 Å². The van der Waals surface area contributed by atoms with E-state index in [0.29, 0.717) is 0 Å². The fourth-order valence-electron chi connectivity index (χ4n) is 3.71. The van der Waals surface area contributed by atoms with E-state index >= 15 is 0 Å². The highest BCUT2D eigenvalue weighted by Gasteiger charge is 2.27. The maximum absolute atomic E-state index is 12.8. The first-order valence-corrected chi connectivity index (χ1v) is 8.56. The second-order valence-corrected chi connectivity index (χ2v) is 6.96. The van der Waals surface area contributed by atoms with Crippen LogP contribution in [0.5, 0.6) is 0 Å². The van der Waals surface area contributed by atoms with Gasteiger partial charge < -0.3 is 4.90 Å². The highest BCUT2D eigenvalue weighted by atomic mass is 16.1. The number of aryl methyl sites for hydroxylation is 3. The third kappa shape index (κ3) is 2.45. The first-order chi connectivity index (χ1) is 12.0. The average Bonchev–Trinajstić information content (AvgIpc) is 2.86. The first kappa shape index (κ1) is 15.6. The Hall–Kier alpha value is -2.87. The Morgan fingerprint density at radius 2 is 1.28 bits per heavy atom. The van der Waals surface area contributed by atoms with Gasteiger partial charge in [0.2, 0.25) is 0 Å². The lowest BCUT2D eigenvalue weighted by Crippen LogP contribution is -2.11. The molecule has 0 saturated carbocycles. The number of rotatable bonds is 2. The number of carbonyl (C=O) groups is 1. The summed E-state index contributed by atoms with van der Waals surface area (Å²) in [6, 6.07) is 18.7. The summed E-state index contributed by atoms with van der Waals surface area (Å²) in [7, 11) is 2.05. The number of benzene rings is 3. The van der Waals surface area contributed by atoms with Gasteiger partial charge in [-0.15, -0.1) is 0 Å².